The summed E-state index contributed by atoms with van der Waals surface area (Å²) in [7, 11) is 0. The highest BCUT2D eigenvalue weighted by Crippen LogP contribution is 2.37. The van der Waals surface area contributed by atoms with Crippen LogP contribution in [0, 0.1) is 20.2 Å². The van der Waals surface area contributed by atoms with E-state index in [1.807, 2.05) is 0 Å². The number of rotatable bonds is 5. The third kappa shape index (κ3) is 3.53. The predicted molar refractivity (Wildman–Crippen MR) is 88.0 cm³/mol. The fourth-order valence-corrected chi connectivity index (χ4v) is 2.25. The van der Waals surface area contributed by atoms with Gasteiger partial charge in [0, 0.05) is 11.1 Å². The number of hydrogen-bond acceptors (Lipinski definition) is 6. The number of nitro groups is 2. The van der Waals surface area contributed by atoms with Crippen LogP contribution in [-0.2, 0) is 0 Å². The van der Waals surface area contributed by atoms with E-state index < -0.39 is 32.7 Å². The van der Waals surface area contributed by atoms with Crippen molar-refractivity contribution >= 4 is 51.9 Å². The van der Waals surface area contributed by atoms with Crippen LogP contribution in [0.15, 0.2) is 30.3 Å². The molecule has 0 aliphatic carbocycles. The molecule has 0 saturated heterocycles. The number of nitrogens with zero attached hydrogens (tertiary/aromatic N) is 2. The number of anilines is 2. The lowest BCUT2D eigenvalue weighted by atomic mass is 10.1. The molecule has 24 heavy (non-hydrogen) atoms. The second-order valence-electron chi connectivity index (χ2n) is 4.52. The van der Waals surface area contributed by atoms with E-state index in [-0.39, 0.29) is 21.4 Å². The molecule has 0 atom stereocenters. The Kier molecular flexibility index (Phi) is 4.86. The van der Waals surface area contributed by atoms with Gasteiger partial charge in [-0.15, -0.1) is 0 Å². The van der Waals surface area contributed by atoms with E-state index in [4.69, 9.17) is 28.9 Å². The van der Waals surface area contributed by atoms with Crippen LogP contribution in [0.3, 0.4) is 0 Å². The zero-order valence-corrected chi connectivity index (χ0v) is 13.2. The molecule has 9 nitrogen and oxygen atoms in total. The molecule has 0 radical (unpaired) electrons. The van der Waals surface area contributed by atoms with Crippen molar-refractivity contribution in [2.75, 3.05) is 5.32 Å². The maximum atomic E-state index is 11.6. The normalized spacial score (nSPS) is 10.2. The van der Waals surface area contributed by atoms with Gasteiger partial charge in [0.1, 0.15) is 5.69 Å². The van der Waals surface area contributed by atoms with Crippen molar-refractivity contribution in [3.63, 3.8) is 0 Å². The molecule has 2 aromatic carbocycles. The standard InChI is InChI=1S/C13H8Cl2N4O5/c14-6-1-2-9(15)10(3-6)17-12-8(13(16)20)4-7(18(21)22)5-11(12)19(23)24/h1-5,17H,(H2,16,20). The lowest BCUT2D eigenvalue weighted by molar-refractivity contribution is -0.393. The third-order valence-electron chi connectivity index (χ3n) is 2.96. The van der Waals surface area contributed by atoms with Crippen molar-refractivity contribution in [1.82, 2.24) is 0 Å². The largest absolute Gasteiger partial charge is 0.366 e. The van der Waals surface area contributed by atoms with Gasteiger partial charge in [0.05, 0.1) is 32.2 Å². The van der Waals surface area contributed by atoms with Gasteiger partial charge in [0.2, 0.25) is 0 Å². The first kappa shape index (κ1) is 17.4. The number of non-ortho nitro benzene ring substituents is 1. The van der Waals surface area contributed by atoms with E-state index in [2.05, 4.69) is 5.32 Å². The first-order valence-electron chi connectivity index (χ1n) is 6.19. The Balaban J connectivity index is 2.70. The van der Waals surface area contributed by atoms with Crippen molar-refractivity contribution in [3.05, 3.63) is 66.2 Å². The highest BCUT2D eigenvalue weighted by molar-refractivity contribution is 6.35. The topological polar surface area (TPSA) is 141 Å². The Morgan fingerprint density at radius 2 is 1.75 bits per heavy atom. The highest BCUT2D eigenvalue weighted by Gasteiger charge is 2.27. The number of hydrogen-bond donors (Lipinski definition) is 2. The van der Waals surface area contributed by atoms with Crippen molar-refractivity contribution in [1.29, 1.82) is 0 Å². The fraction of sp³-hybridized carbons (Fsp3) is 0. The number of halogens is 2. The Hall–Kier alpha value is -2.91. The number of nitro benzene ring substituents is 2. The Labute approximate surface area is 144 Å². The molecule has 0 aromatic heterocycles. The van der Waals surface area contributed by atoms with Crippen LogP contribution in [0.4, 0.5) is 22.7 Å². The molecule has 0 aliphatic rings. The van der Waals surface area contributed by atoms with Gasteiger partial charge >= 0.3 is 0 Å². The zero-order valence-electron chi connectivity index (χ0n) is 11.7. The van der Waals surface area contributed by atoms with Crippen LogP contribution in [0.5, 0.6) is 0 Å². The molecule has 0 fully saturated rings. The van der Waals surface area contributed by atoms with Crippen LogP contribution < -0.4 is 11.1 Å². The number of nitrogens with one attached hydrogen (secondary N) is 1. The summed E-state index contributed by atoms with van der Waals surface area (Å²) < 4.78 is 0. The third-order valence-corrected chi connectivity index (χ3v) is 3.53. The van der Waals surface area contributed by atoms with Crippen LogP contribution in [0.1, 0.15) is 10.4 Å². The second kappa shape index (κ2) is 6.69. The Morgan fingerprint density at radius 3 is 2.29 bits per heavy atom. The Morgan fingerprint density at radius 1 is 1.08 bits per heavy atom. The minimum Gasteiger partial charge on any atom is -0.366 e. The molecule has 0 heterocycles. The molecule has 0 aliphatic heterocycles. The quantitative estimate of drug-likeness (QED) is 0.607. The molecule has 11 heteroatoms. The Bertz CT molecular complexity index is 836. The summed E-state index contributed by atoms with van der Waals surface area (Å²) >= 11 is 11.8. The van der Waals surface area contributed by atoms with Gasteiger partial charge in [-0.1, -0.05) is 23.2 Å². The molecule has 0 unspecified atom stereocenters. The SMILES string of the molecule is NC(=O)c1cc([N+](=O)[O-])cc([N+](=O)[O-])c1Nc1cc(Cl)ccc1Cl. The van der Waals surface area contributed by atoms with Crippen LogP contribution >= 0.6 is 23.2 Å². The molecule has 2 rings (SSSR count). The van der Waals surface area contributed by atoms with Gasteiger partial charge in [-0.3, -0.25) is 25.0 Å². The lowest BCUT2D eigenvalue weighted by Gasteiger charge is -2.12. The van der Waals surface area contributed by atoms with Crippen LogP contribution in [-0.4, -0.2) is 15.8 Å². The lowest BCUT2D eigenvalue weighted by Crippen LogP contribution is -2.15. The summed E-state index contributed by atoms with van der Waals surface area (Å²) in [5.41, 5.74) is 3.28. The number of benzene rings is 2. The molecule has 0 bridgehead atoms. The molecule has 1 amide bonds. The van der Waals surface area contributed by atoms with Gasteiger partial charge in [0.25, 0.3) is 17.3 Å². The molecule has 0 saturated carbocycles. The minimum absolute atomic E-state index is 0.169. The number of carbonyl (C=O) groups is 1. The van der Waals surface area contributed by atoms with Crippen molar-refractivity contribution in [2.24, 2.45) is 5.73 Å². The van der Waals surface area contributed by atoms with Gasteiger partial charge in [-0.2, -0.15) is 0 Å². The van der Waals surface area contributed by atoms with Crippen molar-refractivity contribution < 1.29 is 14.6 Å². The minimum atomic E-state index is -1.08. The summed E-state index contributed by atoms with van der Waals surface area (Å²) in [6.07, 6.45) is 0. The maximum Gasteiger partial charge on any atom is 0.300 e. The second-order valence-corrected chi connectivity index (χ2v) is 5.36. The fourth-order valence-electron chi connectivity index (χ4n) is 1.91. The first-order chi connectivity index (χ1) is 11.2. The van der Waals surface area contributed by atoms with E-state index in [0.29, 0.717) is 6.07 Å². The summed E-state index contributed by atoms with van der Waals surface area (Å²) in [6.45, 7) is 0. The summed E-state index contributed by atoms with van der Waals surface area (Å²) in [5.74, 6) is -1.08. The van der Waals surface area contributed by atoms with Crippen molar-refractivity contribution in [2.45, 2.75) is 0 Å². The molecular weight excluding hydrogens is 363 g/mol. The monoisotopic (exact) mass is 370 g/mol. The molecule has 3 N–H and O–H groups in total. The van der Waals surface area contributed by atoms with E-state index >= 15 is 0 Å². The summed E-state index contributed by atoms with van der Waals surface area (Å²) in [5, 5.41) is 25.2. The maximum absolute atomic E-state index is 11.6. The summed E-state index contributed by atoms with van der Waals surface area (Å²) in [6, 6.07) is 5.87. The average Bonchev–Trinajstić information content (AvgIpc) is 2.50. The van der Waals surface area contributed by atoms with Crippen LogP contribution in [0.25, 0.3) is 0 Å². The predicted octanol–water partition coefficient (Wildman–Crippen LogP) is 3.65. The zero-order chi connectivity index (χ0) is 18.0. The number of amides is 1. The number of carbonyl (C=O) groups excluding carboxylic acids is 1. The van der Waals surface area contributed by atoms with E-state index in [9.17, 15) is 25.0 Å². The van der Waals surface area contributed by atoms with Gasteiger partial charge in [-0.25, -0.2) is 0 Å². The molecule has 124 valence electrons. The van der Waals surface area contributed by atoms with E-state index in [0.717, 1.165) is 6.07 Å². The number of primary amides is 1. The molecule has 2 aromatic rings. The average molecular weight is 371 g/mol. The van der Waals surface area contributed by atoms with E-state index in [1.54, 1.807) is 0 Å². The van der Waals surface area contributed by atoms with Gasteiger partial charge in [-0.05, 0) is 18.2 Å². The van der Waals surface area contributed by atoms with Gasteiger partial charge in [0.15, 0.2) is 0 Å². The smallest absolute Gasteiger partial charge is 0.300 e. The summed E-state index contributed by atoms with van der Waals surface area (Å²) in [4.78, 5) is 32.0. The van der Waals surface area contributed by atoms with Crippen LogP contribution in [0.2, 0.25) is 10.0 Å². The van der Waals surface area contributed by atoms with E-state index in [1.165, 1.54) is 18.2 Å². The first-order valence-corrected chi connectivity index (χ1v) is 6.95. The van der Waals surface area contributed by atoms with Crippen molar-refractivity contribution in [3.8, 4) is 0 Å². The molecule has 0 spiro atoms. The molecular formula is C13H8Cl2N4O5. The van der Waals surface area contributed by atoms with Gasteiger partial charge < -0.3 is 11.1 Å². The number of nitrogens with two attached hydrogens (primary N) is 1. The highest BCUT2D eigenvalue weighted by atomic mass is 35.5.